The van der Waals surface area contributed by atoms with Crippen LogP contribution in [0.15, 0.2) is 29.3 Å². The molecule has 0 heterocycles. The van der Waals surface area contributed by atoms with Crippen molar-refractivity contribution in [1.29, 1.82) is 0 Å². The smallest absolute Gasteiger partial charge is 0.137 e. The zero-order valence-corrected chi connectivity index (χ0v) is 8.84. The fourth-order valence-corrected chi connectivity index (χ4v) is 1.48. The maximum atomic E-state index is 9.65. The lowest BCUT2D eigenvalue weighted by Crippen LogP contribution is -1.99. The molecule has 0 unspecified atom stereocenters. The summed E-state index contributed by atoms with van der Waals surface area (Å²) in [7, 11) is 0. The molecule has 2 nitrogen and oxygen atoms in total. The molecule has 0 radical (unpaired) electrons. The Morgan fingerprint density at radius 2 is 2.23 bits per heavy atom. The van der Waals surface area contributed by atoms with Crippen LogP contribution < -0.4 is 5.73 Å². The molecule has 0 aromatic heterocycles. The number of aromatic hydroxyl groups is 1. The van der Waals surface area contributed by atoms with Crippen molar-refractivity contribution in [2.45, 2.75) is 6.42 Å². The highest BCUT2D eigenvalue weighted by molar-refractivity contribution is 9.10. The summed E-state index contributed by atoms with van der Waals surface area (Å²) in [6.07, 6.45) is 0.698. The van der Waals surface area contributed by atoms with E-state index in [9.17, 15) is 5.11 Å². The Morgan fingerprint density at radius 1 is 1.54 bits per heavy atom. The van der Waals surface area contributed by atoms with Crippen LogP contribution in [-0.2, 0) is 0 Å². The van der Waals surface area contributed by atoms with Gasteiger partial charge in [-0.2, -0.15) is 0 Å². The van der Waals surface area contributed by atoms with Gasteiger partial charge in [0, 0.05) is 5.56 Å². The van der Waals surface area contributed by atoms with Crippen molar-refractivity contribution < 1.29 is 5.11 Å². The van der Waals surface area contributed by atoms with Gasteiger partial charge in [-0.05, 0) is 40.5 Å². The van der Waals surface area contributed by atoms with Crippen molar-refractivity contribution in [2.24, 2.45) is 5.73 Å². The van der Waals surface area contributed by atoms with Crippen molar-refractivity contribution in [3.8, 4) is 5.75 Å². The van der Waals surface area contributed by atoms with Crippen LogP contribution in [0, 0.1) is 0 Å². The van der Waals surface area contributed by atoms with Gasteiger partial charge in [0.15, 0.2) is 0 Å². The fourth-order valence-electron chi connectivity index (χ4n) is 1.11. The standard InChI is InChI=1S/C10H12BrNO/c1-7(5-6-12)8-3-2-4-9(11)10(8)13/h2-4,13H,1,5-6,12H2. The molecule has 1 aromatic carbocycles. The minimum atomic E-state index is 0.237. The SMILES string of the molecule is C=C(CCN)c1cccc(Br)c1O. The molecule has 1 rings (SSSR count). The third-order valence-electron chi connectivity index (χ3n) is 1.81. The van der Waals surface area contributed by atoms with E-state index in [0.29, 0.717) is 17.4 Å². The van der Waals surface area contributed by atoms with E-state index in [0.717, 1.165) is 11.1 Å². The molecule has 3 N–H and O–H groups in total. The van der Waals surface area contributed by atoms with Crippen molar-refractivity contribution in [3.05, 3.63) is 34.8 Å². The normalized spacial score (nSPS) is 10.0. The van der Waals surface area contributed by atoms with Crippen LogP contribution in [0.3, 0.4) is 0 Å². The quantitative estimate of drug-likeness (QED) is 0.855. The van der Waals surface area contributed by atoms with Gasteiger partial charge in [-0.3, -0.25) is 0 Å². The Hall–Kier alpha value is -0.800. The summed E-state index contributed by atoms with van der Waals surface area (Å²) >= 11 is 3.24. The van der Waals surface area contributed by atoms with Crippen molar-refractivity contribution in [2.75, 3.05) is 6.54 Å². The summed E-state index contributed by atoms with van der Waals surface area (Å²) in [5.41, 5.74) is 7.03. The van der Waals surface area contributed by atoms with E-state index in [-0.39, 0.29) is 5.75 Å². The van der Waals surface area contributed by atoms with Gasteiger partial charge in [0.2, 0.25) is 0 Å². The average Bonchev–Trinajstić information content (AvgIpc) is 2.10. The van der Waals surface area contributed by atoms with Crippen LogP contribution in [0.25, 0.3) is 5.57 Å². The molecule has 0 aliphatic carbocycles. The summed E-state index contributed by atoms with van der Waals surface area (Å²) in [4.78, 5) is 0. The number of hydrogen-bond donors (Lipinski definition) is 2. The molecule has 3 heteroatoms. The summed E-state index contributed by atoms with van der Waals surface area (Å²) in [5.74, 6) is 0.237. The number of benzene rings is 1. The van der Waals surface area contributed by atoms with E-state index in [1.165, 1.54) is 0 Å². The van der Waals surface area contributed by atoms with E-state index in [1.54, 1.807) is 6.07 Å². The number of phenols is 1. The number of phenolic OH excluding ortho intramolecular Hbond substituents is 1. The van der Waals surface area contributed by atoms with Gasteiger partial charge in [-0.15, -0.1) is 0 Å². The highest BCUT2D eigenvalue weighted by Crippen LogP contribution is 2.32. The van der Waals surface area contributed by atoms with E-state index < -0.39 is 0 Å². The monoisotopic (exact) mass is 241 g/mol. The average molecular weight is 242 g/mol. The number of para-hydroxylation sites is 1. The van der Waals surface area contributed by atoms with Gasteiger partial charge in [-0.1, -0.05) is 18.7 Å². The zero-order valence-electron chi connectivity index (χ0n) is 7.26. The zero-order chi connectivity index (χ0) is 9.84. The second kappa shape index (κ2) is 4.44. The van der Waals surface area contributed by atoms with E-state index >= 15 is 0 Å². The summed E-state index contributed by atoms with van der Waals surface area (Å²) in [5, 5.41) is 9.65. The Kier molecular flexibility index (Phi) is 3.51. The van der Waals surface area contributed by atoms with Crippen LogP contribution >= 0.6 is 15.9 Å². The van der Waals surface area contributed by atoms with Crippen molar-refractivity contribution in [1.82, 2.24) is 0 Å². The van der Waals surface area contributed by atoms with Gasteiger partial charge >= 0.3 is 0 Å². The molecule has 70 valence electrons. The lowest BCUT2D eigenvalue weighted by Gasteiger charge is -2.07. The molecule has 0 saturated heterocycles. The van der Waals surface area contributed by atoms with E-state index in [2.05, 4.69) is 22.5 Å². The van der Waals surface area contributed by atoms with Crippen molar-refractivity contribution >= 4 is 21.5 Å². The largest absolute Gasteiger partial charge is 0.506 e. The molecule has 1 aromatic rings. The molecule has 0 bridgehead atoms. The minimum absolute atomic E-state index is 0.237. The van der Waals surface area contributed by atoms with Gasteiger partial charge < -0.3 is 10.8 Å². The van der Waals surface area contributed by atoms with E-state index in [1.807, 2.05) is 12.1 Å². The van der Waals surface area contributed by atoms with Gasteiger partial charge in [0.05, 0.1) is 4.47 Å². The molecular formula is C10H12BrNO. The minimum Gasteiger partial charge on any atom is -0.506 e. The van der Waals surface area contributed by atoms with Crippen LogP contribution in [0.1, 0.15) is 12.0 Å². The Morgan fingerprint density at radius 3 is 2.85 bits per heavy atom. The number of nitrogens with two attached hydrogens (primary N) is 1. The maximum absolute atomic E-state index is 9.65. The molecule has 0 fully saturated rings. The van der Waals surface area contributed by atoms with Crippen LogP contribution in [0.5, 0.6) is 5.75 Å². The van der Waals surface area contributed by atoms with Crippen LogP contribution in [0.4, 0.5) is 0 Å². The van der Waals surface area contributed by atoms with Gasteiger partial charge in [0.25, 0.3) is 0 Å². The summed E-state index contributed by atoms with van der Waals surface area (Å²) in [6, 6.07) is 5.48. The Balaban J connectivity index is 3.01. The lowest BCUT2D eigenvalue weighted by atomic mass is 10.0. The first-order valence-electron chi connectivity index (χ1n) is 4.02. The Labute approximate surface area is 86.2 Å². The predicted molar refractivity (Wildman–Crippen MR) is 58.5 cm³/mol. The topological polar surface area (TPSA) is 46.2 Å². The lowest BCUT2D eigenvalue weighted by molar-refractivity contribution is 0.470. The summed E-state index contributed by atoms with van der Waals surface area (Å²) in [6.45, 7) is 4.40. The molecule has 0 saturated carbocycles. The fraction of sp³-hybridized carbons (Fsp3) is 0.200. The molecule has 13 heavy (non-hydrogen) atoms. The first-order valence-corrected chi connectivity index (χ1v) is 4.81. The third kappa shape index (κ3) is 2.32. The van der Waals surface area contributed by atoms with E-state index in [4.69, 9.17) is 5.73 Å². The highest BCUT2D eigenvalue weighted by atomic mass is 79.9. The second-order valence-electron chi connectivity index (χ2n) is 2.78. The summed E-state index contributed by atoms with van der Waals surface area (Å²) < 4.78 is 0.683. The number of halogens is 1. The maximum Gasteiger partial charge on any atom is 0.137 e. The van der Waals surface area contributed by atoms with Crippen LogP contribution in [0.2, 0.25) is 0 Å². The van der Waals surface area contributed by atoms with Gasteiger partial charge in [-0.25, -0.2) is 0 Å². The van der Waals surface area contributed by atoms with Crippen molar-refractivity contribution in [3.63, 3.8) is 0 Å². The van der Waals surface area contributed by atoms with Gasteiger partial charge in [0.1, 0.15) is 5.75 Å². The first-order chi connectivity index (χ1) is 6.16. The number of hydrogen-bond acceptors (Lipinski definition) is 2. The third-order valence-corrected chi connectivity index (χ3v) is 2.45. The molecule has 0 aliphatic rings. The molecular weight excluding hydrogens is 230 g/mol. The molecule has 0 aliphatic heterocycles. The molecule has 0 atom stereocenters. The molecule has 0 spiro atoms. The predicted octanol–water partition coefficient (Wildman–Crippen LogP) is 2.52. The van der Waals surface area contributed by atoms with Crippen LogP contribution in [-0.4, -0.2) is 11.7 Å². The second-order valence-corrected chi connectivity index (χ2v) is 3.63. The number of rotatable bonds is 3. The first kappa shape index (κ1) is 10.3. The Bertz CT molecular complexity index is 323. The highest BCUT2D eigenvalue weighted by Gasteiger charge is 2.06. The molecule has 0 amide bonds.